The van der Waals surface area contributed by atoms with Crippen molar-refractivity contribution >= 4 is 23.3 Å². The molecule has 6 nitrogen and oxygen atoms in total. The van der Waals surface area contributed by atoms with E-state index in [2.05, 4.69) is 17.2 Å². The number of nitrogens with two attached hydrogens (primary N) is 1. The molecule has 4 rings (SSSR count). The molecular formula is C22H23N3O3. The van der Waals surface area contributed by atoms with Gasteiger partial charge in [0.05, 0.1) is 12.3 Å². The second-order valence-electron chi connectivity index (χ2n) is 7.24. The zero-order chi connectivity index (χ0) is 19.5. The molecule has 6 heteroatoms. The Morgan fingerprint density at radius 2 is 1.86 bits per heavy atom. The van der Waals surface area contributed by atoms with E-state index in [9.17, 15) is 9.59 Å². The van der Waals surface area contributed by atoms with Crippen molar-refractivity contribution in [1.29, 1.82) is 0 Å². The van der Waals surface area contributed by atoms with E-state index >= 15 is 0 Å². The summed E-state index contributed by atoms with van der Waals surface area (Å²) in [6.45, 7) is 0.321. The highest BCUT2D eigenvalue weighted by atomic mass is 16.5. The fourth-order valence-electron chi connectivity index (χ4n) is 3.96. The third kappa shape index (κ3) is 3.63. The SMILES string of the molecule is NC(=O)[C@H]1CC(C(=O)OC[C@H]2CCCc3ccccc32)=NN1c1ccccc1. The van der Waals surface area contributed by atoms with Crippen LogP contribution in [0.5, 0.6) is 0 Å². The Morgan fingerprint density at radius 3 is 2.64 bits per heavy atom. The van der Waals surface area contributed by atoms with Crippen molar-refractivity contribution in [3.63, 3.8) is 0 Å². The average Bonchev–Trinajstić information content (AvgIpc) is 3.18. The number of ether oxygens (including phenoxy) is 1. The molecule has 144 valence electrons. The average molecular weight is 377 g/mol. The molecule has 1 heterocycles. The number of fused-ring (bicyclic) bond motifs is 1. The smallest absolute Gasteiger partial charge is 0.354 e. The lowest BCUT2D eigenvalue weighted by atomic mass is 9.83. The first-order chi connectivity index (χ1) is 13.6. The minimum Gasteiger partial charge on any atom is -0.461 e. The van der Waals surface area contributed by atoms with Gasteiger partial charge in [-0.25, -0.2) is 4.79 Å². The van der Waals surface area contributed by atoms with Gasteiger partial charge < -0.3 is 10.5 Å². The third-order valence-corrected chi connectivity index (χ3v) is 5.40. The molecule has 2 aliphatic rings. The van der Waals surface area contributed by atoms with Crippen LogP contribution in [0.25, 0.3) is 0 Å². The normalized spacial score (nSPS) is 21.0. The summed E-state index contributed by atoms with van der Waals surface area (Å²) in [5.41, 5.74) is 9.07. The Labute approximate surface area is 164 Å². The Balaban J connectivity index is 1.46. The number of nitrogens with zero attached hydrogens (tertiary/aromatic N) is 2. The Hall–Kier alpha value is -3.15. The molecule has 0 aromatic heterocycles. The topological polar surface area (TPSA) is 85.0 Å². The van der Waals surface area contributed by atoms with Crippen molar-refractivity contribution in [2.45, 2.75) is 37.6 Å². The minimum absolute atomic E-state index is 0.157. The van der Waals surface area contributed by atoms with E-state index in [0.29, 0.717) is 6.61 Å². The molecule has 2 N–H and O–H groups in total. The van der Waals surface area contributed by atoms with Crippen LogP contribution in [-0.2, 0) is 20.7 Å². The number of amides is 1. The Kier molecular flexibility index (Phi) is 5.10. The predicted molar refractivity (Wildman–Crippen MR) is 107 cm³/mol. The van der Waals surface area contributed by atoms with Gasteiger partial charge in [-0.05, 0) is 42.5 Å². The monoisotopic (exact) mass is 377 g/mol. The summed E-state index contributed by atoms with van der Waals surface area (Å²) in [6.07, 6.45) is 3.31. The summed E-state index contributed by atoms with van der Waals surface area (Å²) in [7, 11) is 0. The molecule has 1 aliphatic heterocycles. The van der Waals surface area contributed by atoms with Crippen molar-refractivity contribution in [3.8, 4) is 0 Å². The van der Waals surface area contributed by atoms with E-state index in [1.165, 1.54) is 16.1 Å². The van der Waals surface area contributed by atoms with Crippen molar-refractivity contribution in [1.82, 2.24) is 0 Å². The first kappa shape index (κ1) is 18.2. The highest BCUT2D eigenvalue weighted by Gasteiger charge is 2.36. The van der Waals surface area contributed by atoms with Gasteiger partial charge in [-0.2, -0.15) is 5.10 Å². The lowest BCUT2D eigenvalue weighted by Crippen LogP contribution is -2.39. The van der Waals surface area contributed by atoms with Gasteiger partial charge in [0.1, 0.15) is 11.8 Å². The summed E-state index contributed by atoms with van der Waals surface area (Å²) in [4.78, 5) is 24.5. The van der Waals surface area contributed by atoms with Crippen LogP contribution in [0.15, 0.2) is 59.7 Å². The minimum atomic E-state index is -0.680. The molecule has 0 spiro atoms. The van der Waals surface area contributed by atoms with Crippen LogP contribution in [0.1, 0.15) is 36.3 Å². The van der Waals surface area contributed by atoms with Gasteiger partial charge in [-0.15, -0.1) is 0 Å². The molecule has 0 unspecified atom stereocenters. The first-order valence-electron chi connectivity index (χ1n) is 9.59. The molecular weight excluding hydrogens is 354 g/mol. The van der Waals surface area contributed by atoms with Crippen molar-refractivity contribution in [3.05, 3.63) is 65.7 Å². The summed E-state index contributed by atoms with van der Waals surface area (Å²) >= 11 is 0. The molecule has 1 aliphatic carbocycles. The zero-order valence-electron chi connectivity index (χ0n) is 15.6. The number of hydrogen-bond donors (Lipinski definition) is 1. The van der Waals surface area contributed by atoms with Gasteiger partial charge in [-0.1, -0.05) is 42.5 Å². The van der Waals surface area contributed by atoms with Crippen molar-refractivity contribution in [2.75, 3.05) is 11.6 Å². The number of anilines is 1. The van der Waals surface area contributed by atoms with E-state index in [0.717, 1.165) is 24.9 Å². The second kappa shape index (κ2) is 7.84. The first-order valence-corrected chi connectivity index (χ1v) is 9.59. The number of hydrogen-bond acceptors (Lipinski definition) is 5. The van der Waals surface area contributed by atoms with Crippen molar-refractivity contribution < 1.29 is 14.3 Å². The van der Waals surface area contributed by atoms with Crippen LogP contribution in [0, 0.1) is 0 Å². The summed E-state index contributed by atoms with van der Waals surface area (Å²) in [6, 6.07) is 16.9. The second-order valence-corrected chi connectivity index (χ2v) is 7.24. The van der Waals surface area contributed by atoms with Crippen LogP contribution in [0.3, 0.4) is 0 Å². The van der Waals surface area contributed by atoms with E-state index < -0.39 is 17.9 Å². The molecule has 2 aromatic rings. The maximum absolute atomic E-state index is 12.6. The molecule has 2 aromatic carbocycles. The number of primary amides is 1. The molecule has 28 heavy (non-hydrogen) atoms. The van der Waals surface area contributed by atoms with Crippen LogP contribution in [-0.4, -0.2) is 30.2 Å². The Bertz CT molecular complexity index is 910. The summed E-state index contributed by atoms with van der Waals surface area (Å²) < 4.78 is 5.59. The zero-order valence-corrected chi connectivity index (χ0v) is 15.6. The number of carbonyl (C=O) groups excluding carboxylic acids is 2. The van der Waals surface area contributed by atoms with Crippen LogP contribution >= 0.6 is 0 Å². The number of esters is 1. The molecule has 0 saturated carbocycles. The maximum Gasteiger partial charge on any atom is 0.354 e. The summed E-state index contributed by atoms with van der Waals surface area (Å²) in [5.74, 6) is -0.794. The van der Waals surface area contributed by atoms with E-state index in [1.807, 2.05) is 42.5 Å². The summed E-state index contributed by atoms with van der Waals surface area (Å²) in [5, 5.41) is 5.85. The standard InChI is InChI=1S/C22H23N3O3/c23-21(26)20-13-19(24-25(20)17-10-2-1-3-11-17)22(27)28-14-16-9-6-8-15-7-4-5-12-18(15)16/h1-5,7,10-12,16,20H,6,8-9,13-14H2,(H2,23,26)/t16-,20-/m1/s1. The number of hydrazone groups is 1. The number of rotatable bonds is 5. The fraction of sp³-hybridized carbons (Fsp3) is 0.318. The quantitative estimate of drug-likeness (QED) is 0.812. The van der Waals surface area contributed by atoms with Gasteiger partial charge in [0.25, 0.3) is 0 Å². The number of benzene rings is 2. The number of para-hydroxylation sites is 1. The van der Waals surface area contributed by atoms with E-state index in [-0.39, 0.29) is 18.1 Å². The van der Waals surface area contributed by atoms with Gasteiger partial charge in [0, 0.05) is 12.3 Å². The maximum atomic E-state index is 12.6. The van der Waals surface area contributed by atoms with Crippen LogP contribution < -0.4 is 10.7 Å². The fourth-order valence-corrected chi connectivity index (χ4v) is 3.96. The highest BCUT2D eigenvalue weighted by Crippen LogP contribution is 2.32. The van der Waals surface area contributed by atoms with Crippen LogP contribution in [0.4, 0.5) is 5.69 Å². The molecule has 1 amide bonds. The largest absolute Gasteiger partial charge is 0.461 e. The molecule has 0 bridgehead atoms. The van der Waals surface area contributed by atoms with Gasteiger partial charge in [0.2, 0.25) is 5.91 Å². The Morgan fingerprint density at radius 1 is 1.11 bits per heavy atom. The van der Waals surface area contributed by atoms with Gasteiger partial charge >= 0.3 is 5.97 Å². The van der Waals surface area contributed by atoms with Gasteiger partial charge in [0.15, 0.2) is 0 Å². The van der Waals surface area contributed by atoms with E-state index in [4.69, 9.17) is 10.5 Å². The number of carbonyl (C=O) groups is 2. The molecule has 0 fully saturated rings. The van der Waals surface area contributed by atoms with Crippen LogP contribution in [0.2, 0.25) is 0 Å². The molecule has 2 atom stereocenters. The highest BCUT2D eigenvalue weighted by molar-refractivity contribution is 6.38. The predicted octanol–water partition coefficient (Wildman–Crippen LogP) is 2.77. The lowest BCUT2D eigenvalue weighted by Gasteiger charge is -2.25. The molecule has 0 saturated heterocycles. The van der Waals surface area contributed by atoms with Gasteiger partial charge in [-0.3, -0.25) is 9.80 Å². The molecule has 0 radical (unpaired) electrons. The third-order valence-electron chi connectivity index (χ3n) is 5.40. The lowest BCUT2D eigenvalue weighted by molar-refractivity contribution is -0.136. The number of aryl methyl sites for hydroxylation is 1. The van der Waals surface area contributed by atoms with Crippen molar-refractivity contribution in [2.24, 2.45) is 10.8 Å². The van der Waals surface area contributed by atoms with E-state index in [1.54, 1.807) is 0 Å².